The molecule has 0 saturated carbocycles. The average molecular weight is 298 g/mol. The van der Waals surface area contributed by atoms with E-state index < -0.39 is 11.0 Å². The lowest BCUT2D eigenvalue weighted by Crippen LogP contribution is -1.98. The van der Waals surface area contributed by atoms with Crippen molar-refractivity contribution in [3.05, 3.63) is 39.2 Å². The van der Waals surface area contributed by atoms with Gasteiger partial charge in [0.25, 0.3) is 11.6 Å². The standard InChI is InChI=1S/C12H12ClN3O4/c1-2-3-10(17)11-14-12(20-15-11)7-4-8(13)6-9(5-7)16(18)19/h4-6,10,17H,2-3H2,1H3. The minimum absolute atomic E-state index is 0.0840. The van der Waals surface area contributed by atoms with Gasteiger partial charge in [-0.2, -0.15) is 4.98 Å². The Labute approximate surface area is 119 Å². The number of non-ortho nitro benzene ring substituents is 1. The summed E-state index contributed by atoms with van der Waals surface area (Å²) in [5.74, 6) is 0.241. The molecule has 0 fully saturated rings. The SMILES string of the molecule is CCCC(O)c1noc(-c2cc(Cl)cc([N+](=O)[O-])c2)n1. The number of nitrogens with zero attached hydrogens (tertiary/aromatic N) is 3. The van der Waals surface area contributed by atoms with Gasteiger partial charge in [0.15, 0.2) is 0 Å². The number of rotatable bonds is 5. The van der Waals surface area contributed by atoms with Crippen LogP contribution in [0.1, 0.15) is 31.7 Å². The molecule has 20 heavy (non-hydrogen) atoms. The molecule has 1 unspecified atom stereocenters. The largest absolute Gasteiger partial charge is 0.385 e. The first-order valence-electron chi connectivity index (χ1n) is 5.98. The van der Waals surface area contributed by atoms with E-state index in [-0.39, 0.29) is 22.4 Å². The van der Waals surface area contributed by atoms with E-state index in [2.05, 4.69) is 10.1 Å². The molecule has 0 aliphatic heterocycles. The van der Waals surface area contributed by atoms with E-state index in [9.17, 15) is 15.2 Å². The maximum atomic E-state index is 10.8. The van der Waals surface area contributed by atoms with E-state index in [1.54, 1.807) is 0 Å². The van der Waals surface area contributed by atoms with Gasteiger partial charge in [-0.25, -0.2) is 0 Å². The Hall–Kier alpha value is -1.99. The fourth-order valence-corrected chi connectivity index (χ4v) is 1.92. The first-order valence-corrected chi connectivity index (χ1v) is 6.36. The van der Waals surface area contributed by atoms with Gasteiger partial charge in [-0.15, -0.1) is 0 Å². The lowest BCUT2D eigenvalue weighted by molar-refractivity contribution is -0.384. The van der Waals surface area contributed by atoms with Crippen LogP contribution in [-0.4, -0.2) is 20.2 Å². The molecule has 2 aromatic rings. The Kier molecular flexibility index (Phi) is 4.31. The fourth-order valence-electron chi connectivity index (χ4n) is 1.69. The zero-order chi connectivity index (χ0) is 14.7. The number of halogens is 1. The third-order valence-corrected chi connectivity index (χ3v) is 2.86. The summed E-state index contributed by atoms with van der Waals surface area (Å²) in [5.41, 5.74) is 0.174. The molecule has 7 nitrogen and oxygen atoms in total. The molecule has 0 amide bonds. The minimum Gasteiger partial charge on any atom is -0.385 e. The second-order valence-corrected chi connectivity index (χ2v) is 4.65. The number of nitro benzene ring substituents is 1. The van der Waals surface area contributed by atoms with Gasteiger partial charge in [-0.3, -0.25) is 10.1 Å². The normalized spacial score (nSPS) is 12.3. The van der Waals surface area contributed by atoms with E-state index in [1.807, 2.05) is 6.92 Å². The summed E-state index contributed by atoms with van der Waals surface area (Å²) in [7, 11) is 0. The number of aromatic nitrogens is 2. The molecule has 1 heterocycles. The van der Waals surface area contributed by atoms with Crippen LogP contribution >= 0.6 is 11.6 Å². The summed E-state index contributed by atoms with van der Waals surface area (Å²) >= 11 is 5.82. The van der Waals surface area contributed by atoms with Crippen molar-refractivity contribution in [1.82, 2.24) is 10.1 Å². The van der Waals surface area contributed by atoms with Crippen molar-refractivity contribution in [2.24, 2.45) is 0 Å². The lowest BCUT2D eigenvalue weighted by Gasteiger charge is -2.01. The van der Waals surface area contributed by atoms with Crippen LogP contribution in [0.5, 0.6) is 0 Å². The lowest BCUT2D eigenvalue weighted by atomic mass is 10.2. The predicted molar refractivity (Wildman–Crippen MR) is 71.3 cm³/mol. The van der Waals surface area contributed by atoms with Gasteiger partial charge in [0.2, 0.25) is 5.82 Å². The minimum atomic E-state index is -0.813. The van der Waals surface area contributed by atoms with Gasteiger partial charge in [0, 0.05) is 22.7 Å². The quantitative estimate of drug-likeness (QED) is 0.672. The molecule has 0 saturated heterocycles. The van der Waals surface area contributed by atoms with Crippen LogP contribution in [0.3, 0.4) is 0 Å². The van der Waals surface area contributed by atoms with Gasteiger partial charge in [0.1, 0.15) is 6.10 Å². The van der Waals surface area contributed by atoms with Crippen LogP contribution < -0.4 is 0 Å². The zero-order valence-electron chi connectivity index (χ0n) is 10.6. The zero-order valence-corrected chi connectivity index (χ0v) is 11.4. The van der Waals surface area contributed by atoms with Crippen molar-refractivity contribution in [1.29, 1.82) is 0 Å². The number of hydrogen-bond donors (Lipinski definition) is 1. The van der Waals surface area contributed by atoms with Crippen LogP contribution in [0.15, 0.2) is 22.7 Å². The second kappa shape index (κ2) is 5.98. The van der Waals surface area contributed by atoms with E-state index in [0.717, 1.165) is 6.42 Å². The highest BCUT2D eigenvalue weighted by Crippen LogP contribution is 2.28. The van der Waals surface area contributed by atoms with Crippen molar-refractivity contribution in [3.63, 3.8) is 0 Å². The Morgan fingerprint density at radius 1 is 1.50 bits per heavy atom. The van der Waals surface area contributed by atoms with Gasteiger partial charge < -0.3 is 9.63 Å². The van der Waals surface area contributed by atoms with Crippen molar-refractivity contribution in [3.8, 4) is 11.5 Å². The van der Waals surface area contributed by atoms with Crippen LogP contribution in [0.2, 0.25) is 5.02 Å². The Morgan fingerprint density at radius 3 is 2.90 bits per heavy atom. The van der Waals surface area contributed by atoms with E-state index >= 15 is 0 Å². The van der Waals surface area contributed by atoms with Gasteiger partial charge in [-0.1, -0.05) is 30.1 Å². The van der Waals surface area contributed by atoms with Gasteiger partial charge in [0.05, 0.1) is 4.92 Å². The average Bonchev–Trinajstić information content (AvgIpc) is 2.88. The molecule has 0 bridgehead atoms. The molecule has 0 aliphatic carbocycles. The number of aliphatic hydroxyl groups excluding tert-OH is 1. The van der Waals surface area contributed by atoms with E-state index in [4.69, 9.17) is 16.1 Å². The Morgan fingerprint density at radius 2 is 2.25 bits per heavy atom. The molecule has 106 valence electrons. The van der Waals surface area contributed by atoms with Crippen LogP contribution in [0.25, 0.3) is 11.5 Å². The molecule has 0 spiro atoms. The summed E-state index contributed by atoms with van der Waals surface area (Å²) in [5, 5.41) is 24.4. The number of hydrogen-bond acceptors (Lipinski definition) is 6. The predicted octanol–water partition coefficient (Wildman–Crippen LogP) is 3.13. The number of nitro groups is 1. The van der Waals surface area contributed by atoms with E-state index in [0.29, 0.717) is 12.0 Å². The molecule has 1 N–H and O–H groups in total. The molecule has 0 radical (unpaired) electrons. The number of aliphatic hydroxyl groups is 1. The highest BCUT2D eigenvalue weighted by molar-refractivity contribution is 6.31. The third-order valence-electron chi connectivity index (χ3n) is 2.64. The monoisotopic (exact) mass is 297 g/mol. The summed E-state index contributed by atoms with van der Waals surface area (Å²) in [6.45, 7) is 1.92. The molecule has 2 rings (SSSR count). The summed E-state index contributed by atoms with van der Waals surface area (Å²) < 4.78 is 5.01. The maximum absolute atomic E-state index is 10.8. The molecule has 1 aromatic carbocycles. The smallest absolute Gasteiger partial charge is 0.271 e. The molecule has 1 aromatic heterocycles. The molecule has 8 heteroatoms. The van der Waals surface area contributed by atoms with Crippen molar-refractivity contribution < 1.29 is 14.6 Å². The van der Waals surface area contributed by atoms with Crippen LogP contribution in [0, 0.1) is 10.1 Å². The molecular weight excluding hydrogens is 286 g/mol. The molecular formula is C12H12ClN3O4. The highest BCUT2D eigenvalue weighted by atomic mass is 35.5. The summed E-state index contributed by atoms with van der Waals surface area (Å²) in [6, 6.07) is 4.00. The number of benzene rings is 1. The van der Waals surface area contributed by atoms with Crippen molar-refractivity contribution in [2.75, 3.05) is 0 Å². The molecule has 1 atom stereocenters. The first-order chi connectivity index (χ1) is 9.51. The summed E-state index contributed by atoms with van der Waals surface area (Å²) in [6.07, 6.45) is 0.467. The molecule has 0 aliphatic rings. The van der Waals surface area contributed by atoms with Crippen molar-refractivity contribution >= 4 is 17.3 Å². The van der Waals surface area contributed by atoms with Crippen molar-refractivity contribution in [2.45, 2.75) is 25.9 Å². The van der Waals surface area contributed by atoms with Crippen LogP contribution in [-0.2, 0) is 0 Å². The first kappa shape index (κ1) is 14.4. The summed E-state index contributed by atoms with van der Waals surface area (Å²) in [4.78, 5) is 14.3. The maximum Gasteiger partial charge on any atom is 0.271 e. The third kappa shape index (κ3) is 3.12. The van der Waals surface area contributed by atoms with Gasteiger partial charge >= 0.3 is 0 Å². The van der Waals surface area contributed by atoms with Gasteiger partial charge in [-0.05, 0) is 12.5 Å². The fraction of sp³-hybridized carbons (Fsp3) is 0.333. The second-order valence-electron chi connectivity index (χ2n) is 4.22. The van der Waals surface area contributed by atoms with Crippen LogP contribution in [0.4, 0.5) is 5.69 Å². The Balaban J connectivity index is 2.34. The van der Waals surface area contributed by atoms with E-state index in [1.165, 1.54) is 18.2 Å². The highest BCUT2D eigenvalue weighted by Gasteiger charge is 2.18. The topological polar surface area (TPSA) is 102 Å². The Bertz CT molecular complexity index is 629.